The monoisotopic (exact) mass is 767 g/mol. The van der Waals surface area contributed by atoms with Crippen LogP contribution in [0.25, 0.3) is 44.2 Å². The van der Waals surface area contributed by atoms with E-state index >= 15 is 0 Å². The lowest BCUT2D eigenvalue weighted by Crippen LogP contribution is -2.28. The molecule has 0 aromatic heterocycles. The van der Waals surface area contributed by atoms with Crippen LogP contribution in [0.4, 0.5) is 17.1 Å². The fourth-order valence-electron chi connectivity index (χ4n) is 11.7. The SMILES string of the molecule is CC1(C)c2ccccc2-c2ccc(N(c3cccc4c3-c3ccccc3C4(c3ccccc3)c3ccccc3)c3cc4ccccc4c4c3-c3ccccc3C4(C)C)cc21. The van der Waals surface area contributed by atoms with Gasteiger partial charge in [-0.3, -0.25) is 0 Å². The first-order valence-corrected chi connectivity index (χ1v) is 21.4. The zero-order valence-corrected chi connectivity index (χ0v) is 34.5. The van der Waals surface area contributed by atoms with Crippen molar-refractivity contribution in [3.05, 3.63) is 245 Å². The normalized spacial score (nSPS) is 15.4. The first kappa shape index (κ1) is 35.0. The van der Waals surface area contributed by atoms with E-state index in [9.17, 15) is 0 Å². The average Bonchev–Trinajstić information content (AvgIpc) is 3.83. The van der Waals surface area contributed by atoms with Crippen LogP contribution < -0.4 is 4.90 Å². The van der Waals surface area contributed by atoms with Gasteiger partial charge in [0.1, 0.15) is 0 Å². The quantitative estimate of drug-likeness (QED) is 0.169. The molecule has 12 rings (SSSR count). The fourth-order valence-corrected chi connectivity index (χ4v) is 11.7. The van der Waals surface area contributed by atoms with Crippen LogP contribution in [0.15, 0.2) is 200 Å². The number of anilines is 3. The van der Waals surface area contributed by atoms with Crippen molar-refractivity contribution in [3.8, 4) is 33.4 Å². The molecule has 286 valence electrons. The highest BCUT2D eigenvalue weighted by Gasteiger charge is 2.48. The maximum absolute atomic E-state index is 2.63. The van der Waals surface area contributed by atoms with Crippen molar-refractivity contribution in [1.82, 2.24) is 0 Å². The number of hydrogen-bond donors (Lipinski definition) is 0. The van der Waals surface area contributed by atoms with Crippen molar-refractivity contribution in [2.24, 2.45) is 0 Å². The summed E-state index contributed by atoms with van der Waals surface area (Å²) in [6.07, 6.45) is 0. The molecule has 9 aromatic rings. The van der Waals surface area contributed by atoms with Gasteiger partial charge in [0.05, 0.1) is 16.8 Å². The van der Waals surface area contributed by atoms with Crippen LogP contribution in [0.1, 0.15) is 72.2 Å². The van der Waals surface area contributed by atoms with Gasteiger partial charge in [-0.2, -0.15) is 0 Å². The van der Waals surface area contributed by atoms with Crippen LogP contribution in [0.5, 0.6) is 0 Å². The molecule has 0 radical (unpaired) electrons. The second-order valence-corrected chi connectivity index (χ2v) is 18.0. The molecule has 0 saturated carbocycles. The summed E-state index contributed by atoms with van der Waals surface area (Å²) in [5.74, 6) is 0. The highest BCUT2D eigenvalue weighted by molar-refractivity contribution is 6.08. The van der Waals surface area contributed by atoms with E-state index in [-0.39, 0.29) is 10.8 Å². The zero-order chi connectivity index (χ0) is 40.4. The predicted octanol–water partition coefficient (Wildman–Crippen LogP) is 15.3. The number of hydrogen-bond acceptors (Lipinski definition) is 1. The molecule has 0 spiro atoms. The molecule has 0 bridgehead atoms. The summed E-state index contributed by atoms with van der Waals surface area (Å²) in [6.45, 7) is 9.61. The van der Waals surface area contributed by atoms with E-state index in [2.05, 4.69) is 233 Å². The Morgan fingerprint density at radius 2 is 0.883 bits per heavy atom. The molecule has 3 aliphatic carbocycles. The van der Waals surface area contributed by atoms with Crippen molar-refractivity contribution in [2.75, 3.05) is 4.90 Å². The third kappa shape index (κ3) is 4.53. The lowest BCUT2D eigenvalue weighted by molar-refractivity contribution is 0.660. The van der Waals surface area contributed by atoms with E-state index in [1.165, 1.54) is 100 Å². The Balaban J connectivity index is 1.23. The average molecular weight is 768 g/mol. The number of benzene rings is 9. The topological polar surface area (TPSA) is 3.24 Å². The van der Waals surface area contributed by atoms with Crippen molar-refractivity contribution in [3.63, 3.8) is 0 Å². The van der Waals surface area contributed by atoms with Crippen LogP contribution in [-0.4, -0.2) is 0 Å². The summed E-state index contributed by atoms with van der Waals surface area (Å²) in [5, 5.41) is 2.57. The Morgan fingerprint density at radius 3 is 1.58 bits per heavy atom. The minimum atomic E-state index is -0.516. The smallest absolute Gasteiger partial charge is 0.0714 e. The largest absolute Gasteiger partial charge is 0.309 e. The molecule has 0 atom stereocenters. The fraction of sp³-hybridized carbons (Fsp3) is 0.119. The van der Waals surface area contributed by atoms with Crippen LogP contribution in [-0.2, 0) is 16.2 Å². The third-order valence-corrected chi connectivity index (χ3v) is 14.3. The molecule has 60 heavy (non-hydrogen) atoms. The molecule has 1 heteroatoms. The van der Waals surface area contributed by atoms with Gasteiger partial charge in [0.15, 0.2) is 0 Å². The number of rotatable bonds is 5. The first-order valence-electron chi connectivity index (χ1n) is 21.4. The number of nitrogens with zero attached hydrogens (tertiary/aromatic N) is 1. The summed E-state index contributed by atoms with van der Waals surface area (Å²) in [5.41, 5.74) is 21.2. The molecule has 0 unspecified atom stereocenters. The molecule has 1 nitrogen and oxygen atoms in total. The molecule has 0 saturated heterocycles. The molecular formula is C59H45N. The predicted molar refractivity (Wildman–Crippen MR) is 251 cm³/mol. The zero-order valence-electron chi connectivity index (χ0n) is 34.5. The minimum absolute atomic E-state index is 0.158. The van der Waals surface area contributed by atoms with Gasteiger partial charge < -0.3 is 4.90 Å². The van der Waals surface area contributed by atoms with Gasteiger partial charge in [0, 0.05) is 27.6 Å². The summed E-state index contributed by atoms with van der Waals surface area (Å²) in [4.78, 5) is 2.63. The molecule has 0 heterocycles. The van der Waals surface area contributed by atoms with Gasteiger partial charge in [-0.25, -0.2) is 0 Å². The maximum atomic E-state index is 2.63. The standard InChI is InChI=1S/C59H45N/c1-57(2)47-29-16-13-26-43(47)44-35-34-41(37-51(44)57)60(53-36-38-20-11-12-25-42(38)56-55(53)45-27-14-17-30-48(45)58(56,3)4)52-33-19-32-50-54(52)46-28-15-18-31-49(46)59(50,39-21-7-5-8-22-39)40-23-9-6-10-24-40/h5-37H,1-4H3. The van der Waals surface area contributed by atoms with Crippen molar-refractivity contribution < 1.29 is 0 Å². The molecule has 0 aliphatic heterocycles. The Morgan fingerprint density at radius 1 is 0.350 bits per heavy atom. The molecule has 0 amide bonds. The van der Waals surface area contributed by atoms with E-state index in [0.29, 0.717) is 0 Å². The highest BCUT2D eigenvalue weighted by atomic mass is 15.1. The summed E-state index contributed by atoms with van der Waals surface area (Å²) in [6, 6.07) is 75.4. The Bertz CT molecular complexity index is 3160. The number of fused-ring (bicyclic) bond motifs is 11. The van der Waals surface area contributed by atoms with E-state index < -0.39 is 5.41 Å². The van der Waals surface area contributed by atoms with Gasteiger partial charge in [0.25, 0.3) is 0 Å². The third-order valence-electron chi connectivity index (χ3n) is 14.3. The Hall–Kier alpha value is -6.96. The Kier molecular flexibility index (Phi) is 7.31. The van der Waals surface area contributed by atoms with Gasteiger partial charge in [-0.1, -0.05) is 204 Å². The van der Waals surface area contributed by atoms with Crippen LogP contribution in [0, 0.1) is 0 Å². The van der Waals surface area contributed by atoms with E-state index in [1.54, 1.807) is 0 Å². The van der Waals surface area contributed by atoms with Crippen LogP contribution in [0.3, 0.4) is 0 Å². The lowest BCUT2D eigenvalue weighted by atomic mass is 9.68. The van der Waals surface area contributed by atoms with Crippen LogP contribution in [0.2, 0.25) is 0 Å². The van der Waals surface area contributed by atoms with Gasteiger partial charge >= 0.3 is 0 Å². The minimum Gasteiger partial charge on any atom is -0.309 e. The highest BCUT2D eigenvalue weighted by Crippen LogP contribution is 2.62. The molecule has 3 aliphatic rings. The van der Waals surface area contributed by atoms with E-state index in [1.807, 2.05) is 0 Å². The first-order chi connectivity index (χ1) is 29.3. The van der Waals surface area contributed by atoms with Gasteiger partial charge in [-0.05, 0) is 102 Å². The maximum Gasteiger partial charge on any atom is 0.0714 e. The molecule has 0 fully saturated rings. The Labute approximate surface area is 353 Å². The van der Waals surface area contributed by atoms with E-state index in [0.717, 1.165) is 5.69 Å². The van der Waals surface area contributed by atoms with E-state index in [4.69, 9.17) is 0 Å². The second-order valence-electron chi connectivity index (χ2n) is 18.0. The van der Waals surface area contributed by atoms with Crippen molar-refractivity contribution in [1.29, 1.82) is 0 Å². The van der Waals surface area contributed by atoms with Crippen molar-refractivity contribution in [2.45, 2.75) is 43.9 Å². The van der Waals surface area contributed by atoms with Gasteiger partial charge in [0.2, 0.25) is 0 Å². The molecule has 9 aromatic carbocycles. The molecular weight excluding hydrogens is 723 g/mol. The van der Waals surface area contributed by atoms with Crippen LogP contribution >= 0.6 is 0 Å². The molecule has 0 N–H and O–H groups in total. The van der Waals surface area contributed by atoms with Gasteiger partial charge in [-0.15, -0.1) is 0 Å². The lowest BCUT2D eigenvalue weighted by Gasteiger charge is -2.35. The second kappa shape index (κ2) is 12.5. The summed E-state index contributed by atoms with van der Waals surface area (Å²) in [7, 11) is 0. The van der Waals surface area contributed by atoms with Crippen molar-refractivity contribution >= 4 is 27.8 Å². The summed E-state index contributed by atoms with van der Waals surface area (Å²) >= 11 is 0. The summed E-state index contributed by atoms with van der Waals surface area (Å²) < 4.78 is 0.